The quantitative estimate of drug-likeness (QED) is 0.613. The van der Waals surface area contributed by atoms with E-state index in [1.807, 2.05) is 0 Å². The molecule has 0 heterocycles. The molecular weight excluding hydrogens is 168 g/mol. The average molecular weight is 186 g/mol. The summed E-state index contributed by atoms with van der Waals surface area (Å²) >= 11 is 0. The summed E-state index contributed by atoms with van der Waals surface area (Å²) in [5.74, 6) is 0.742. The molecule has 1 atom stereocenters. The molecule has 0 bridgehead atoms. The van der Waals surface area contributed by atoms with Crippen LogP contribution in [0.2, 0.25) is 0 Å². The van der Waals surface area contributed by atoms with Gasteiger partial charge in [-0.05, 0) is 37.2 Å². The highest BCUT2D eigenvalue weighted by Gasteiger charge is 2.16. The van der Waals surface area contributed by atoms with Gasteiger partial charge >= 0.3 is 0 Å². The van der Waals surface area contributed by atoms with Crippen molar-refractivity contribution in [2.45, 2.75) is 32.1 Å². The zero-order valence-corrected chi connectivity index (χ0v) is 8.71. The Hall–Kier alpha value is -1.04. The zero-order chi connectivity index (χ0) is 9.80. The van der Waals surface area contributed by atoms with Gasteiger partial charge in [0.05, 0.1) is 0 Å². The number of rotatable bonds is 2. The molecule has 1 fully saturated rings. The molecule has 0 nitrogen and oxygen atoms in total. The molecule has 1 unspecified atom stereocenters. The van der Waals surface area contributed by atoms with Crippen LogP contribution in [0.3, 0.4) is 0 Å². The summed E-state index contributed by atoms with van der Waals surface area (Å²) in [6.45, 7) is 4.19. The van der Waals surface area contributed by atoms with E-state index in [0.29, 0.717) is 0 Å². The van der Waals surface area contributed by atoms with Crippen LogP contribution in [-0.2, 0) is 6.42 Å². The van der Waals surface area contributed by atoms with Gasteiger partial charge in [-0.1, -0.05) is 48.9 Å². The lowest BCUT2D eigenvalue weighted by atomic mass is 9.81. The molecule has 0 saturated heterocycles. The van der Waals surface area contributed by atoms with Gasteiger partial charge in [0, 0.05) is 0 Å². The maximum Gasteiger partial charge on any atom is -0.0165 e. The Morgan fingerprint density at radius 2 is 1.93 bits per heavy atom. The van der Waals surface area contributed by atoms with Gasteiger partial charge in [0.25, 0.3) is 0 Å². The van der Waals surface area contributed by atoms with Crippen molar-refractivity contribution in [3.05, 3.63) is 48.0 Å². The maximum atomic E-state index is 4.19. The second-order valence-electron chi connectivity index (χ2n) is 4.29. The summed E-state index contributed by atoms with van der Waals surface area (Å²) in [4.78, 5) is 0. The van der Waals surface area contributed by atoms with Crippen LogP contribution in [0.1, 0.15) is 31.2 Å². The van der Waals surface area contributed by atoms with Crippen LogP contribution in [0.5, 0.6) is 0 Å². The standard InChI is InChI=1S/C14H18/c1-12-7-5-6-10-14(12)11-13-8-3-2-4-9-13/h2-4,8-9,14H,1,5-7,10-11H2. The maximum absolute atomic E-state index is 4.19. The smallest absolute Gasteiger partial charge is 0.0165 e. The SMILES string of the molecule is C=C1CCCCC1Cc1ccccc1. The highest BCUT2D eigenvalue weighted by atomic mass is 14.2. The fourth-order valence-corrected chi connectivity index (χ4v) is 2.30. The third kappa shape index (κ3) is 2.25. The third-order valence-corrected chi connectivity index (χ3v) is 3.20. The lowest BCUT2D eigenvalue weighted by molar-refractivity contribution is 0.453. The molecule has 0 aromatic heterocycles. The van der Waals surface area contributed by atoms with Crippen molar-refractivity contribution < 1.29 is 0 Å². The summed E-state index contributed by atoms with van der Waals surface area (Å²) in [5.41, 5.74) is 2.93. The Bertz CT molecular complexity index is 297. The lowest BCUT2D eigenvalue weighted by Gasteiger charge is -2.24. The van der Waals surface area contributed by atoms with Crippen LogP contribution in [0.4, 0.5) is 0 Å². The van der Waals surface area contributed by atoms with Crippen LogP contribution in [-0.4, -0.2) is 0 Å². The monoisotopic (exact) mass is 186 g/mol. The summed E-state index contributed by atoms with van der Waals surface area (Å²) < 4.78 is 0. The van der Waals surface area contributed by atoms with Gasteiger partial charge in [0.15, 0.2) is 0 Å². The van der Waals surface area contributed by atoms with Crippen molar-refractivity contribution in [3.63, 3.8) is 0 Å². The minimum atomic E-state index is 0.742. The van der Waals surface area contributed by atoms with Crippen LogP contribution in [0.25, 0.3) is 0 Å². The van der Waals surface area contributed by atoms with E-state index < -0.39 is 0 Å². The topological polar surface area (TPSA) is 0 Å². The van der Waals surface area contributed by atoms with E-state index in [-0.39, 0.29) is 0 Å². The van der Waals surface area contributed by atoms with Gasteiger partial charge in [-0.25, -0.2) is 0 Å². The molecule has 0 N–H and O–H groups in total. The molecule has 0 amide bonds. The van der Waals surface area contributed by atoms with E-state index in [4.69, 9.17) is 0 Å². The first kappa shape index (κ1) is 9.51. The molecule has 1 aromatic rings. The van der Waals surface area contributed by atoms with Crippen molar-refractivity contribution in [2.75, 3.05) is 0 Å². The van der Waals surface area contributed by atoms with E-state index in [1.165, 1.54) is 43.2 Å². The molecule has 2 rings (SSSR count). The molecule has 1 aliphatic rings. The molecule has 1 aliphatic carbocycles. The van der Waals surface area contributed by atoms with Gasteiger partial charge < -0.3 is 0 Å². The van der Waals surface area contributed by atoms with E-state index in [2.05, 4.69) is 36.9 Å². The van der Waals surface area contributed by atoms with Crippen molar-refractivity contribution in [3.8, 4) is 0 Å². The predicted molar refractivity (Wildman–Crippen MR) is 61.2 cm³/mol. The first-order chi connectivity index (χ1) is 6.86. The molecular formula is C14H18. The Kier molecular flexibility index (Phi) is 3.03. The van der Waals surface area contributed by atoms with E-state index >= 15 is 0 Å². The lowest BCUT2D eigenvalue weighted by Crippen LogP contribution is -2.11. The molecule has 0 heteroatoms. The van der Waals surface area contributed by atoms with E-state index in [0.717, 1.165) is 5.92 Å². The first-order valence-corrected chi connectivity index (χ1v) is 5.58. The number of hydrogen-bond acceptors (Lipinski definition) is 0. The second-order valence-corrected chi connectivity index (χ2v) is 4.29. The fraction of sp³-hybridized carbons (Fsp3) is 0.429. The molecule has 0 aliphatic heterocycles. The van der Waals surface area contributed by atoms with Gasteiger partial charge in [0.1, 0.15) is 0 Å². The normalized spacial score (nSPS) is 22.3. The molecule has 74 valence electrons. The number of hydrogen-bond donors (Lipinski definition) is 0. The van der Waals surface area contributed by atoms with Crippen molar-refractivity contribution >= 4 is 0 Å². The van der Waals surface area contributed by atoms with Crippen LogP contribution < -0.4 is 0 Å². The highest BCUT2D eigenvalue weighted by molar-refractivity contribution is 5.18. The van der Waals surface area contributed by atoms with Gasteiger partial charge in [-0.15, -0.1) is 0 Å². The average Bonchev–Trinajstić information content (AvgIpc) is 2.23. The Balaban J connectivity index is 2.00. The summed E-state index contributed by atoms with van der Waals surface area (Å²) in [6.07, 6.45) is 6.52. The molecule has 1 aromatic carbocycles. The summed E-state index contributed by atoms with van der Waals surface area (Å²) in [6, 6.07) is 10.8. The van der Waals surface area contributed by atoms with Crippen LogP contribution >= 0.6 is 0 Å². The first-order valence-electron chi connectivity index (χ1n) is 5.58. The van der Waals surface area contributed by atoms with Gasteiger partial charge in [-0.2, -0.15) is 0 Å². The van der Waals surface area contributed by atoms with Crippen molar-refractivity contribution in [2.24, 2.45) is 5.92 Å². The van der Waals surface area contributed by atoms with E-state index in [1.54, 1.807) is 0 Å². The molecule has 1 saturated carbocycles. The summed E-state index contributed by atoms with van der Waals surface area (Å²) in [5, 5.41) is 0. The Morgan fingerprint density at radius 1 is 1.14 bits per heavy atom. The minimum absolute atomic E-state index is 0.742. The third-order valence-electron chi connectivity index (χ3n) is 3.20. The fourth-order valence-electron chi connectivity index (χ4n) is 2.30. The van der Waals surface area contributed by atoms with Crippen molar-refractivity contribution in [1.29, 1.82) is 0 Å². The largest absolute Gasteiger partial charge is 0.0996 e. The van der Waals surface area contributed by atoms with Crippen LogP contribution in [0.15, 0.2) is 42.5 Å². The van der Waals surface area contributed by atoms with Gasteiger partial charge in [0.2, 0.25) is 0 Å². The van der Waals surface area contributed by atoms with Crippen molar-refractivity contribution in [1.82, 2.24) is 0 Å². The number of allylic oxidation sites excluding steroid dienone is 1. The molecule has 0 spiro atoms. The molecule has 14 heavy (non-hydrogen) atoms. The zero-order valence-electron chi connectivity index (χ0n) is 8.71. The molecule has 0 radical (unpaired) electrons. The summed E-state index contributed by atoms with van der Waals surface area (Å²) in [7, 11) is 0. The Labute approximate surface area is 86.7 Å². The predicted octanol–water partition coefficient (Wildman–Crippen LogP) is 3.98. The van der Waals surface area contributed by atoms with Crippen LogP contribution in [0, 0.1) is 5.92 Å². The van der Waals surface area contributed by atoms with Gasteiger partial charge in [-0.3, -0.25) is 0 Å². The minimum Gasteiger partial charge on any atom is -0.0996 e. The number of benzene rings is 1. The second kappa shape index (κ2) is 4.45. The Morgan fingerprint density at radius 3 is 2.64 bits per heavy atom. The highest BCUT2D eigenvalue weighted by Crippen LogP contribution is 2.30. The van der Waals surface area contributed by atoms with E-state index in [9.17, 15) is 0 Å².